The first-order chi connectivity index (χ1) is 7.33. The second kappa shape index (κ2) is 4.62. The number of pyridine rings is 1. The van der Waals surface area contributed by atoms with E-state index in [4.69, 9.17) is 11.6 Å². The van der Waals surface area contributed by atoms with Gasteiger partial charge in [-0.3, -0.25) is 4.79 Å². The summed E-state index contributed by atoms with van der Waals surface area (Å²) in [5.74, 6) is 0. The molecule has 1 saturated heterocycles. The average Bonchev–Trinajstić information content (AvgIpc) is 2.30. The van der Waals surface area contributed by atoms with Crippen molar-refractivity contribution < 1.29 is 4.79 Å². The summed E-state index contributed by atoms with van der Waals surface area (Å²) in [6.07, 6.45) is 5.77. The first-order valence-electron chi connectivity index (χ1n) is 5.14. The van der Waals surface area contributed by atoms with Crippen LogP contribution in [-0.2, 0) is 4.79 Å². The van der Waals surface area contributed by atoms with Crippen LogP contribution in [0.1, 0.15) is 30.9 Å². The second-order valence-corrected chi connectivity index (χ2v) is 4.10. The Bertz CT molecular complexity index is 356. The van der Waals surface area contributed by atoms with Gasteiger partial charge in [-0.05, 0) is 25.3 Å². The summed E-state index contributed by atoms with van der Waals surface area (Å²) in [5, 5.41) is 0.510. The molecule has 0 bridgehead atoms. The van der Waals surface area contributed by atoms with Gasteiger partial charge in [-0.25, -0.2) is 4.98 Å². The molecule has 1 aliphatic rings. The van der Waals surface area contributed by atoms with Crippen molar-refractivity contribution in [1.82, 2.24) is 9.88 Å². The minimum absolute atomic E-state index is 0.109. The van der Waals surface area contributed by atoms with Crippen LogP contribution in [0.3, 0.4) is 0 Å². The monoisotopic (exact) mass is 224 g/mol. The van der Waals surface area contributed by atoms with Gasteiger partial charge in [0.05, 0.1) is 6.04 Å². The summed E-state index contributed by atoms with van der Waals surface area (Å²) in [6.45, 7) is 0.819. The number of carbonyl (C=O) groups is 1. The van der Waals surface area contributed by atoms with Crippen molar-refractivity contribution in [2.75, 3.05) is 6.54 Å². The highest BCUT2D eigenvalue weighted by Crippen LogP contribution is 2.32. The quantitative estimate of drug-likeness (QED) is 0.571. The first kappa shape index (κ1) is 10.4. The Morgan fingerprint density at radius 2 is 2.40 bits per heavy atom. The highest BCUT2D eigenvalue weighted by Gasteiger charge is 2.24. The molecule has 1 atom stereocenters. The van der Waals surface area contributed by atoms with E-state index in [1.165, 1.54) is 0 Å². The van der Waals surface area contributed by atoms with Gasteiger partial charge < -0.3 is 4.90 Å². The fourth-order valence-electron chi connectivity index (χ4n) is 2.06. The molecular weight excluding hydrogens is 212 g/mol. The maximum Gasteiger partial charge on any atom is 0.210 e. The predicted molar refractivity (Wildman–Crippen MR) is 58.6 cm³/mol. The summed E-state index contributed by atoms with van der Waals surface area (Å²) < 4.78 is 0. The Morgan fingerprint density at radius 1 is 1.53 bits per heavy atom. The van der Waals surface area contributed by atoms with Gasteiger partial charge in [0.15, 0.2) is 0 Å². The summed E-state index contributed by atoms with van der Waals surface area (Å²) in [5.41, 5.74) is 0.964. The molecule has 0 N–H and O–H groups in total. The number of likely N-dealkylation sites (tertiary alicyclic amines) is 1. The minimum Gasteiger partial charge on any atom is -0.338 e. The Balaban J connectivity index is 2.28. The number of aromatic nitrogens is 1. The van der Waals surface area contributed by atoms with Crippen molar-refractivity contribution in [1.29, 1.82) is 0 Å². The largest absolute Gasteiger partial charge is 0.338 e. The highest BCUT2D eigenvalue weighted by molar-refractivity contribution is 6.30. The molecule has 0 saturated carbocycles. The maximum atomic E-state index is 10.9. The smallest absolute Gasteiger partial charge is 0.210 e. The number of nitrogens with zero attached hydrogens (tertiary/aromatic N) is 2. The van der Waals surface area contributed by atoms with Gasteiger partial charge in [0.25, 0.3) is 0 Å². The van der Waals surface area contributed by atoms with Gasteiger partial charge in [0, 0.05) is 18.3 Å². The van der Waals surface area contributed by atoms with Crippen LogP contribution in [-0.4, -0.2) is 22.8 Å². The first-order valence-corrected chi connectivity index (χ1v) is 5.52. The molecule has 1 amide bonds. The van der Waals surface area contributed by atoms with Gasteiger partial charge >= 0.3 is 0 Å². The zero-order valence-electron chi connectivity index (χ0n) is 8.40. The van der Waals surface area contributed by atoms with E-state index in [2.05, 4.69) is 4.98 Å². The number of hydrogen-bond donors (Lipinski definition) is 0. The Labute approximate surface area is 94.1 Å². The molecule has 1 aromatic heterocycles. The topological polar surface area (TPSA) is 33.2 Å². The number of carbonyl (C=O) groups excluding carboxylic acids is 1. The Hall–Kier alpha value is -1.09. The third-order valence-electron chi connectivity index (χ3n) is 2.83. The number of amides is 1. The molecule has 2 rings (SSSR count). The molecule has 2 heterocycles. The Morgan fingerprint density at radius 3 is 3.13 bits per heavy atom. The number of hydrogen-bond acceptors (Lipinski definition) is 2. The second-order valence-electron chi connectivity index (χ2n) is 3.74. The van der Waals surface area contributed by atoms with Crippen molar-refractivity contribution in [3.05, 3.63) is 29.0 Å². The molecule has 0 radical (unpaired) electrons. The number of halogens is 1. The van der Waals surface area contributed by atoms with E-state index in [0.29, 0.717) is 5.15 Å². The molecule has 4 heteroatoms. The third-order valence-corrected chi connectivity index (χ3v) is 3.14. The summed E-state index contributed by atoms with van der Waals surface area (Å²) in [6, 6.07) is 3.91. The van der Waals surface area contributed by atoms with Gasteiger partial charge in [-0.1, -0.05) is 17.7 Å². The van der Waals surface area contributed by atoms with E-state index < -0.39 is 0 Å². The molecule has 3 nitrogen and oxygen atoms in total. The third kappa shape index (κ3) is 2.12. The maximum absolute atomic E-state index is 10.9. The molecule has 80 valence electrons. The molecule has 1 fully saturated rings. The van der Waals surface area contributed by atoms with Crippen molar-refractivity contribution in [2.45, 2.75) is 25.3 Å². The van der Waals surface area contributed by atoms with E-state index in [0.717, 1.165) is 37.8 Å². The SMILES string of the molecule is O=CN1CCCCC1c1cccnc1Cl. The lowest BCUT2D eigenvalue weighted by atomic mass is 9.97. The van der Waals surface area contributed by atoms with Crippen molar-refractivity contribution in [3.63, 3.8) is 0 Å². The summed E-state index contributed by atoms with van der Waals surface area (Å²) >= 11 is 6.03. The molecule has 1 unspecified atom stereocenters. The fraction of sp³-hybridized carbons (Fsp3) is 0.455. The van der Waals surface area contributed by atoms with E-state index in [-0.39, 0.29) is 6.04 Å². The van der Waals surface area contributed by atoms with Crippen LogP contribution in [0.4, 0.5) is 0 Å². The van der Waals surface area contributed by atoms with E-state index >= 15 is 0 Å². The van der Waals surface area contributed by atoms with Gasteiger partial charge in [-0.15, -0.1) is 0 Å². The van der Waals surface area contributed by atoms with Crippen LogP contribution in [0.2, 0.25) is 5.15 Å². The molecule has 0 aromatic carbocycles. The Kier molecular flexibility index (Phi) is 3.21. The predicted octanol–water partition coefficient (Wildman–Crippen LogP) is 2.42. The van der Waals surface area contributed by atoms with Crippen LogP contribution in [0, 0.1) is 0 Å². The van der Waals surface area contributed by atoms with Gasteiger partial charge in [0.1, 0.15) is 5.15 Å². The average molecular weight is 225 g/mol. The van der Waals surface area contributed by atoms with Crippen LogP contribution >= 0.6 is 11.6 Å². The van der Waals surface area contributed by atoms with Gasteiger partial charge in [0.2, 0.25) is 6.41 Å². The van der Waals surface area contributed by atoms with Crippen LogP contribution in [0.15, 0.2) is 18.3 Å². The van der Waals surface area contributed by atoms with Crippen LogP contribution in [0.5, 0.6) is 0 Å². The zero-order valence-corrected chi connectivity index (χ0v) is 9.15. The summed E-state index contributed by atoms with van der Waals surface area (Å²) in [7, 11) is 0. The number of rotatable bonds is 2. The standard InChI is InChI=1S/C11H13ClN2O/c12-11-9(4-3-6-13-11)10-5-1-2-7-14(10)8-15/h3-4,6,8,10H,1-2,5,7H2. The molecule has 0 spiro atoms. The zero-order chi connectivity index (χ0) is 10.7. The lowest BCUT2D eigenvalue weighted by Crippen LogP contribution is -2.32. The van der Waals surface area contributed by atoms with Crippen molar-refractivity contribution in [3.8, 4) is 0 Å². The highest BCUT2D eigenvalue weighted by atomic mass is 35.5. The molecule has 15 heavy (non-hydrogen) atoms. The van der Waals surface area contributed by atoms with E-state index in [1.54, 1.807) is 6.20 Å². The fourth-order valence-corrected chi connectivity index (χ4v) is 2.31. The lowest BCUT2D eigenvalue weighted by molar-refractivity contribution is -0.121. The molecule has 1 aliphatic heterocycles. The van der Waals surface area contributed by atoms with Gasteiger partial charge in [-0.2, -0.15) is 0 Å². The molecule has 0 aliphatic carbocycles. The van der Waals surface area contributed by atoms with Crippen LogP contribution in [0.25, 0.3) is 0 Å². The van der Waals surface area contributed by atoms with E-state index in [1.807, 2.05) is 17.0 Å². The van der Waals surface area contributed by atoms with E-state index in [9.17, 15) is 4.79 Å². The number of piperidine rings is 1. The molecular formula is C11H13ClN2O. The van der Waals surface area contributed by atoms with Crippen LogP contribution < -0.4 is 0 Å². The van der Waals surface area contributed by atoms with Crippen molar-refractivity contribution in [2.24, 2.45) is 0 Å². The summed E-state index contributed by atoms with van der Waals surface area (Å²) in [4.78, 5) is 16.8. The molecule has 1 aromatic rings. The normalized spacial score (nSPS) is 21.4. The van der Waals surface area contributed by atoms with Crippen molar-refractivity contribution >= 4 is 18.0 Å². The minimum atomic E-state index is 0.109. The lowest BCUT2D eigenvalue weighted by Gasteiger charge is -2.33.